The Labute approximate surface area is 114 Å². The van der Waals surface area contributed by atoms with E-state index in [4.69, 9.17) is 0 Å². The number of hydrogen-bond donors (Lipinski definition) is 0. The molecule has 19 heavy (non-hydrogen) atoms. The number of piperazine rings is 1. The molecule has 0 saturated carbocycles. The van der Waals surface area contributed by atoms with Crippen molar-refractivity contribution in [3.63, 3.8) is 0 Å². The highest BCUT2D eigenvalue weighted by molar-refractivity contribution is 5.94. The van der Waals surface area contributed by atoms with Crippen LogP contribution < -0.4 is 0 Å². The highest BCUT2D eigenvalue weighted by atomic mass is 19.1. The van der Waals surface area contributed by atoms with Crippen molar-refractivity contribution in [2.24, 2.45) is 0 Å². The zero-order valence-corrected chi connectivity index (χ0v) is 11.4. The van der Waals surface area contributed by atoms with E-state index < -0.39 is 5.82 Å². The van der Waals surface area contributed by atoms with Crippen LogP contribution >= 0.6 is 0 Å². The Morgan fingerprint density at radius 1 is 1.21 bits per heavy atom. The minimum atomic E-state index is -0.430. The first-order valence-corrected chi connectivity index (χ1v) is 6.98. The van der Waals surface area contributed by atoms with Gasteiger partial charge in [0.2, 0.25) is 0 Å². The molecule has 0 bridgehead atoms. The summed E-state index contributed by atoms with van der Waals surface area (Å²) in [6.07, 6.45) is 2.38. The minimum Gasteiger partial charge on any atom is -0.336 e. The number of benzene rings is 1. The van der Waals surface area contributed by atoms with E-state index in [-0.39, 0.29) is 11.5 Å². The molecule has 1 aliphatic rings. The third-order valence-electron chi connectivity index (χ3n) is 3.59. The second-order valence-corrected chi connectivity index (χ2v) is 4.97. The average molecular weight is 264 g/mol. The second kappa shape index (κ2) is 6.66. The molecule has 0 radical (unpaired) electrons. The lowest BCUT2D eigenvalue weighted by Crippen LogP contribution is -2.49. The van der Waals surface area contributed by atoms with Crippen molar-refractivity contribution < 1.29 is 9.18 Å². The van der Waals surface area contributed by atoms with E-state index in [1.54, 1.807) is 23.1 Å². The normalized spacial score (nSPS) is 16.6. The maximum absolute atomic E-state index is 13.6. The van der Waals surface area contributed by atoms with Gasteiger partial charge in [0.05, 0.1) is 5.56 Å². The van der Waals surface area contributed by atoms with Crippen molar-refractivity contribution in [1.82, 2.24) is 9.80 Å². The largest absolute Gasteiger partial charge is 0.336 e. The summed E-state index contributed by atoms with van der Waals surface area (Å²) >= 11 is 0. The van der Waals surface area contributed by atoms with Crippen LogP contribution in [0.1, 0.15) is 30.1 Å². The first-order valence-electron chi connectivity index (χ1n) is 6.98. The number of unbranched alkanes of at least 4 members (excludes halogenated alkanes) is 1. The van der Waals surface area contributed by atoms with Gasteiger partial charge >= 0.3 is 0 Å². The Balaban J connectivity index is 1.91. The average Bonchev–Trinajstić information content (AvgIpc) is 2.45. The van der Waals surface area contributed by atoms with Crippen molar-refractivity contribution in [3.8, 4) is 0 Å². The zero-order chi connectivity index (χ0) is 13.7. The van der Waals surface area contributed by atoms with Crippen LogP contribution in [0.2, 0.25) is 0 Å². The summed E-state index contributed by atoms with van der Waals surface area (Å²) in [4.78, 5) is 16.3. The van der Waals surface area contributed by atoms with Gasteiger partial charge in [-0.1, -0.05) is 25.5 Å². The van der Waals surface area contributed by atoms with Gasteiger partial charge in [0, 0.05) is 26.2 Å². The number of nitrogens with zero attached hydrogens (tertiary/aromatic N) is 2. The fourth-order valence-corrected chi connectivity index (χ4v) is 2.36. The lowest BCUT2D eigenvalue weighted by atomic mass is 10.1. The summed E-state index contributed by atoms with van der Waals surface area (Å²) in [6.45, 7) is 6.43. The predicted molar refractivity (Wildman–Crippen MR) is 73.7 cm³/mol. The van der Waals surface area contributed by atoms with Gasteiger partial charge in [0.25, 0.3) is 5.91 Å². The van der Waals surface area contributed by atoms with E-state index in [0.29, 0.717) is 13.1 Å². The van der Waals surface area contributed by atoms with Gasteiger partial charge in [-0.05, 0) is 25.1 Å². The van der Waals surface area contributed by atoms with Gasteiger partial charge in [-0.15, -0.1) is 0 Å². The lowest BCUT2D eigenvalue weighted by molar-refractivity contribution is 0.0631. The molecule has 0 atom stereocenters. The number of rotatable bonds is 4. The molecule has 104 valence electrons. The summed E-state index contributed by atoms with van der Waals surface area (Å²) < 4.78 is 13.6. The molecule has 1 amide bonds. The molecule has 0 aromatic heterocycles. The van der Waals surface area contributed by atoms with Crippen molar-refractivity contribution >= 4 is 5.91 Å². The highest BCUT2D eigenvalue weighted by Crippen LogP contribution is 2.12. The Kier molecular flexibility index (Phi) is 4.91. The Hall–Kier alpha value is -1.42. The molecule has 1 heterocycles. The van der Waals surface area contributed by atoms with Gasteiger partial charge in [0.15, 0.2) is 0 Å². The van der Waals surface area contributed by atoms with Gasteiger partial charge in [-0.25, -0.2) is 4.39 Å². The summed E-state index contributed by atoms with van der Waals surface area (Å²) in [7, 11) is 0. The van der Waals surface area contributed by atoms with E-state index in [2.05, 4.69) is 11.8 Å². The van der Waals surface area contributed by atoms with Crippen LogP contribution in [0.3, 0.4) is 0 Å². The first-order chi connectivity index (χ1) is 9.22. The van der Waals surface area contributed by atoms with Gasteiger partial charge in [0.1, 0.15) is 5.82 Å². The molecule has 4 heteroatoms. The van der Waals surface area contributed by atoms with E-state index in [1.165, 1.54) is 18.9 Å². The number of halogens is 1. The van der Waals surface area contributed by atoms with Crippen molar-refractivity contribution in [2.75, 3.05) is 32.7 Å². The molecule has 1 saturated heterocycles. The Morgan fingerprint density at radius 2 is 1.89 bits per heavy atom. The number of hydrogen-bond acceptors (Lipinski definition) is 2. The molecule has 3 nitrogen and oxygen atoms in total. The quantitative estimate of drug-likeness (QED) is 0.833. The zero-order valence-electron chi connectivity index (χ0n) is 11.4. The van der Waals surface area contributed by atoms with E-state index in [1.807, 2.05) is 0 Å². The predicted octanol–water partition coefficient (Wildman–Crippen LogP) is 2.38. The maximum Gasteiger partial charge on any atom is 0.256 e. The molecular formula is C15H21FN2O. The van der Waals surface area contributed by atoms with Gasteiger partial charge < -0.3 is 4.90 Å². The number of amides is 1. The molecule has 0 unspecified atom stereocenters. The summed E-state index contributed by atoms with van der Waals surface area (Å²) in [5.74, 6) is -0.617. The smallest absolute Gasteiger partial charge is 0.256 e. The maximum atomic E-state index is 13.6. The molecule has 1 aromatic carbocycles. The molecule has 1 fully saturated rings. The Morgan fingerprint density at radius 3 is 2.53 bits per heavy atom. The fourth-order valence-electron chi connectivity index (χ4n) is 2.36. The fraction of sp³-hybridized carbons (Fsp3) is 0.533. The summed E-state index contributed by atoms with van der Waals surface area (Å²) in [5, 5.41) is 0. The van der Waals surface area contributed by atoms with Crippen LogP contribution in [0.4, 0.5) is 4.39 Å². The number of carbonyl (C=O) groups excluding carboxylic acids is 1. The Bertz CT molecular complexity index is 428. The second-order valence-electron chi connectivity index (χ2n) is 4.97. The molecule has 1 aromatic rings. The van der Waals surface area contributed by atoms with Crippen LogP contribution in [0, 0.1) is 5.82 Å². The molecule has 0 aliphatic carbocycles. The first kappa shape index (κ1) is 14.0. The molecule has 0 N–H and O–H groups in total. The topological polar surface area (TPSA) is 23.6 Å². The molecular weight excluding hydrogens is 243 g/mol. The summed E-state index contributed by atoms with van der Waals surface area (Å²) in [5.41, 5.74) is 0.185. The van der Waals surface area contributed by atoms with E-state index in [0.717, 1.165) is 19.6 Å². The van der Waals surface area contributed by atoms with Crippen molar-refractivity contribution in [2.45, 2.75) is 19.8 Å². The monoisotopic (exact) mass is 264 g/mol. The highest BCUT2D eigenvalue weighted by Gasteiger charge is 2.23. The molecule has 0 spiro atoms. The summed E-state index contributed by atoms with van der Waals surface area (Å²) in [6, 6.07) is 6.20. The van der Waals surface area contributed by atoms with Crippen LogP contribution in [-0.4, -0.2) is 48.4 Å². The van der Waals surface area contributed by atoms with Gasteiger partial charge in [-0.2, -0.15) is 0 Å². The third kappa shape index (κ3) is 3.53. The van der Waals surface area contributed by atoms with Crippen LogP contribution in [0.5, 0.6) is 0 Å². The van der Waals surface area contributed by atoms with E-state index >= 15 is 0 Å². The van der Waals surface area contributed by atoms with Crippen LogP contribution in [-0.2, 0) is 0 Å². The standard InChI is InChI=1S/C15H21FN2O/c1-2-3-8-17-9-11-18(12-10-17)15(19)13-6-4-5-7-14(13)16/h4-7H,2-3,8-12H2,1H3. The van der Waals surface area contributed by atoms with Crippen molar-refractivity contribution in [1.29, 1.82) is 0 Å². The third-order valence-corrected chi connectivity index (χ3v) is 3.59. The van der Waals surface area contributed by atoms with Crippen LogP contribution in [0.15, 0.2) is 24.3 Å². The SMILES string of the molecule is CCCCN1CCN(C(=O)c2ccccc2F)CC1. The molecule has 1 aliphatic heterocycles. The van der Waals surface area contributed by atoms with Crippen LogP contribution in [0.25, 0.3) is 0 Å². The van der Waals surface area contributed by atoms with Crippen molar-refractivity contribution in [3.05, 3.63) is 35.6 Å². The lowest BCUT2D eigenvalue weighted by Gasteiger charge is -2.34. The van der Waals surface area contributed by atoms with E-state index in [9.17, 15) is 9.18 Å². The number of carbonyl (C=O) groups is 1. The molecule has 2 rings (SSSR count). The van der Waals surface area contributed by atoms with Gasteiger partial charge in [-0.3, -0.25) is 9.69 Å². The minimum absolute atomic E-state index is 0.185.